The monoisotopic (exact) mass is 313 g/mol. The van der Waals surface area contributed by atoms with E-state index in [4.69, 9.17) is 4.74 Å². The van der Waals surface area contributed by atoms with Gasteiger partial charge in [0.05, 0.1) is 13.3 Å². The molecule has 0 saturated carbocycles. The van der Waals surface area contributed by atoms with Crippen LogP contribution in [0.3, 0.4) is 0 Å². The Balaban J connectivity index is 1.96. The van der Waals surface area contributed by atoms with Crippen molar-refractivity contribution in [2.75, 3.05) is 12.4 Å². The lowest BCUT2D eigenvalue weighted by Gasteiger charge is -2.08. The Morgan fingerprint density at radius 1 is 1.22 bits per heavy atom. The van der Waals surface area contributed by atoms with Crippen LogP contribution < -0.4 is 15.5 Å². The molecule has 120 valence electrons. The fourth-order valence-corrected chi connectivity index (χ4v) is 2.02. The first-order chi connectivity index (χ1) is 11.0. The van der Waals surface area contributed by atoms with Crippen LogP contribution in [0.2, 0.25) is 0 Å². The van der Waals surface area contributed by atoms with Gasteiger partial charge in [-0.1, -0.05) is 17.7 Å². The van der Waals surface area contributed by atoms with Crippen molar-refractivity contribution >= 4 is 17.9 Å². The Kier molecular flexibility index (Phi) is 5.19. The summed E-state index contributed by atoms with van der Waals surface area (Å²) in [6.45, 7) is 3.91. The molecule has 0 aliphatic rings. The largest absolute Gasteiger partial charge is 0.507 e. The van der Waals surface area contributed by atoms with Crippen molar-refractivity contribution in [3.8, 4) is 11.5 Å². The number of rotatable bonds is 4. The predicted octanol–water partition coefficient (Wildman–Crippen LogP) is 3.17. The molecule has 0 heterocycles. The zero-order valence-electron chi connectivity index (χ0n) is 13.3. The number of hydrazone groups is 1. The smallest absolute Gasteiger partial charge is 0.339 e. The molecule has 2 aromatic carbocycles. The number of ether oxygens (including phenoxy) is 1. The number of benzene rings is 2. The lowest BCUT2D eigenvalue weighted by molar-refractivity contribution is 0.252. The number of aromatic hydroxyl groups is 1. The van der Waals surface area contributed by atoms with Crippen molar-refractivity contribution in [2.45, 2.75) is 13.8 Å². The molecule has 0 radical (unpaired) electrons. The van der Waals surface area contributed by atoms with Crippen LogP contribution in [0.15, 0.2) is 41.5 Å². The second kappa shape index (κ2) is 7.31. The first-order valence-corrected chi connectivity index (χ1v) is 7.04. The molecule has 23 heavy (non-hydrogen) atoms. The van der Waals surface area contributed by atoms with Gasteiger partial charge in [-0.25, -0.2) is 10.2 Å². The molecular formula is C17H19N3O3. The van der Waals surface area contributed by atoms with Crippen LogP contribution in [0.4, 0.5) is 10.5 Å². The maximum atomic E-state index is 11.8. The Hall–Kier alpha value is -3.02. The van der Waals surface area contributed by atoms with Gasteiger partial charge in [0.25, 0.3) is 0 Å². The van der Waals surface area contributed by atoms with E-state index in [-0.39, 0.29) is 5.75 Å². The molecule has 2 aromatic rings. The lowest BCUT2D eigenvalue weighted by atomic mass is 10.1. The van der Waals surface area contributed by atoms with Gasteiger partial charge in [-0.15, -0.1) is 0 Å². The number of amides is 2. The zero-order chi connectivity index (χ0) is 16.8. The summed E-state index contributed by atoms with van der Waals surface area (Å²) in [5.74, 6) is 0.560. The Bertz CT molecular complexity index is 742. The van der Waals surface area contributed by atoms with Crippen LogP contribution in [-0.4, -0.2) is 24.5 Å². The number of carbonyl (C=O) groups excluding carboxylic acids is 1. The SMILES string of the molecule is COc1ccc(/C=N/NC(=O)Nc2ccc(C)cc2C)c(O)c1. The summed E-state index contributed by atoms with van der Waals surface area (Å²) in [5, 5.41) is 16.3. The van der Waals surface area contributed by atoms with Gasteiger partial charge in [-0.3, -0.25) is 0 Å². The van der Waals surface area contributed by atoms with Gasteiger partial charge >= 0.3 is 6.03 Å². The molecule has 0 aromatic heterocycles. The quantitative estimate of drug-likeness (QED) is 0.599. The van der Waals surface area contributed by atoms with Gasteiger partial charge in [-0.2, -0.15) is 5.10 Å². The van der Waals surface area contributed by atoms with Crippen LogP contribution in [0, 0.1) is 13.8 Å². The predicted molar refractivity (Wildman–Crippen MR) is 90.3 cm³/mol. The van der Waals surface area contributed by atoms with E-state index in [2.05, 4.69) is 15.8 Å². The number of hydrogen-bond donors (Lipinski definition) is 3. The molecule has 0 saturated heterocycles. The third kappa shape index (κ3) is 4.47. The van der Waals surface area contributed by atoms with E-state index >= 15 is 0 Å². The topological polar surface area (TPSA) is 83.0 Å². The van der Waals surface area contributed by atoms with Gasteiger partial charge in [0, 0.05) is 17.3 Å². The van der Waals surface area contributed by atoms with E-state index in [0.717, 1.165) is 16.8 Å². The van der Waals surface area contributed by atoms with Crippen molar-refractivity contribution in [1.29, 1.82) is 0 Å². The van der Waals surface area contributed by atoms with Gasteiger partial charge in [0.2, 0.25) is 0 Å². The highest BCUT2D eigenvalue weighted by Crippen LogP contribution is 2.21. The number of nitrogens with one attached hydrogen (secondary N) is 2. The molecule has 0 fully saturated rings. The minimum atomic E-state index is -0.457. The van der Waals surface area contributed by atoms with E-state index in [1.165, 1.54) is 19.4 Å². The normalized spacial score (nSPS) is 10.6. The molecule has 2 rings (SSSR count). The van der Waals surface area contributed by atoms with Crippen molar-refractivity contribution in [3.05, 3.63) is 53.1 Å². The first-order valence-electron chi connectivity index (χ1n) is 7.04. The van der Waals surface area contributed by atoms with Crippen LogP contribution >= 0.6 is 0 Å². The number of hydrogen-bond acceptors (Lipinski definition) is 4. The number of phenolic OH excluding ortho intramolecular Hbond substituents is 1. The van der Waals surface area contributed by atoms with Crippen LogP contribution in [0.1, 0.15) is 16.7 Å². The third-order valence-corrected chi connectivity index (χ3v) is 3.24. The fraction of sp³-hybridized carbons (Fsp3) is 0.176. The number of anilines is 1. The number of urea groups is 1. The van der Waals surface area contributed by atoms with E-state index in [9.17, 15) is 9.90 Å². The van der Waals surface area contributed by atoms with Gasteiger partial charge in [0.15, 0.2) is 0 Å². The first kappa shape index (κ1) is 16.4. The summed E-state index contributed by atoms with van der Waals surface area (Å²) in [6, 6.07) is 10.1. The molecule has 6 nitrogen and oxygen atoms in total. The number of carbonyl (C=O) groups is 1. The second-order valence-corrected chi connectivity index (χ2v) is 5.07. The van der Waals surface area contributed by atoms with Crippen molar-refractivity contribution in [3.63, 3.8) is 0 Å². The maximum absolute atomic E-state index is 11.8. The highest BCUT2D eigenvalue weighted by Gasteiger charge is 2.04. The van der Waals surface area contributed by atoms with Crippen molar-refractivity contribution in [2.24, 2.45) is 5.10 Å². The maximum Gasteiger partial charge on any atom is 0.339 e. The highest BCUT2D eigenvalue weighted by molar-refractivity contribution is 5.91. The Labute approximate surface area is 134 Å². The van der Waals surface area contributed by atoms with Crippen molar-refractivity contribution in [1.82, 2.24) is 5.43 Å². The number of nitrogens with zero attached hydrogens (tertiary/aromatic N) is 1. The fourth-order valence-electron chi connectivity index (χ4n) is 2.02. The van der Waals surface area contributed by atoms with E-state index < -0.39 is 6.03 Å². The molecule has 2 amide bonds. The number of aryl methyl sites for hydroxylation is 2. The standard InChI is InChI=1S/C17H19N3O3/c1-11-4-7-15(12(2)8-11)19-17(22)20-18-10-13-5-6-14(23-3)9-16(13)21/h4-10,21H,1-3H3,(H2,19,20,22)/b18-10+. The summed E-state index contributed by atoms with van der Waals surface area (Å²) >= 11 is 0. The average Bonchev–Trinajstić information content (AvgIpc) is 2.51. The highest BCUT2D eigenvalue weighted by atomic mass is 16.5. The molecule has 3 N–H and O–H groups in total. The van der Waals surface area contributed by atoms with Gasteiger partial charge < -0.3 is 15.2 Å². The van der Waals surface area contributed by atoms with E-state index in [1.54, 1.807) is 12.1 Å². The third-order valence-electron chi connectivity index (χ3n) is 3.24. The van der Waals surface area contributed by atoms with Crippen LogP contribution in [0.25, 0.3) is 0 Å². The molecule has 0 bridgehead atoms. The molecule has 0 aliphatic carbocycles. The molecule has 6 heteroatoms. The van der Waals surface area contributed by atoms with Gasteiger partial charge in [0.1, 0.15) is 11.5 Å². The summed E-state index contributed by atoms with van der Waals surface area (Å²) in [6.07, 6.45) is 1.36. The van der Waals surface area contributed by atoms with Gasteiger partial charge in [-0.05, 0) is 37.6 Å². The molecule has 0 spiro atoms. The second-order valence-electron chi connectivity index (χ2n) is 5.07. The lowest BCUT2D eigenvalue weighted by Crippen LogP contribution is -2.24. The molecular weight excluding hydrogens is 294 g/mol. The Morgan fingerprint density at radius 3 is 2.65 bits per heavy atom. The number of phenols is 1. The van der Waals surface area contributed by atoms with E-state index in [1.807, 2.05) is 32.0 Å². The summed E-state index contributed by atoms with van der Waals surface area (Å²) in [4.78, 5) is 11.8. The molecule has 0 atom stereocenters. The number of methoxy groups -OCH3 is 1. The van der Waals surface area contributed by atoms with Crippen LogP contribution in [0.5, 0.6) is 11.5 Å². The molecule has 0 aliphatic heterocycles. The average molecular weight is 313 g/mol. The molecule has 0 unspecified atom stereocenters. The summed E-state index contributed by atoms with van der Waals surface area (Å²) in [5.41, 5.74) is 5.64. The summed E-state index contributed by atoms with van der Waals surface area (Å²) in [7, 11) is 1.52. The van der Waals surface area contributed by atoms with Crippen molar-refractivity contribution < 1.29 is 14.6 Å². The summed E-state index contributed by atoms with van der Waals surface area (Å²) < 4.78 is 4.99. The zero-order valence-corrected chi connectivity index (χ0v) is 13.3. The minimum absolute atomic E-state index is 0.0182. The van der Waals surface area contributed by atoms with Crippen LogP contribution in [-0.2, 0) is 0 Å². The Morgan fingerprint density at radius 2 is 2.00 bits per heavy atom. The minimum Gasteiger partial charge on any atom is -0.507 e. The van der Waals surface area contributed by atoms with E-state index in [0.29, 0.717) is 11.3 Å².